The average Bonchev–Trinajstić information content (AvgIpc) is 2.39. The first-order chi connectivity index (χ1) is 9.01. The maximum absolute atomic E-state index is 8.87. The van der Waals surface area contributed by atoms with Gasteiger partial charge in [0.2, 0.25) is 5.95 Å². The van der Waals surface area contributed by atoms with Gasteiger partial charge in [-0.15, -0.1) is 0 Å². The van der Waals surface area contributed by atoms with Crippen molar-refractivity contribution in [3.8, 4) is 6.07 Å². The highest BCUT2D eigenvalue weighted by Crippen LogP contribution is 2.36. The SMILES string of the molecule is Cc1cc(C#N)nc(Nc2ccc(Br)c(Cl)c2Cl)n1. The molecule has 0 amide bonds. The lowest BCUT2D eigenvalue weighted by Gasteiger charge is -2.09. The van der Waals surface area contributed by atoms with Crippen LogP contribution in [0.2, 0.25) is 10.0 Å². The van der Waals surface area contributed by atoms with E-state index in [2.05, 4.69) is 31.2 Å². The van der Waals surface area contributed by atoms with Crippen molar-refractivity contribution >= 4 is 50.8 Å². The van der Waals surface area contributed by atoms with Crippen LogP contribution in [0.3, 0.4) is 0 Å². The predicted molar refractivity (Wildman–Crippen MR) is 78.9 cm³/mol. The quantitative estimate of drug-likeness (QED) is 0.805. The largest absolute Gasteiger partial charge is 0.323 e. The Labute approximate surface area is 128 Å². The van der Waals surface area contributed by atoms with Gasteiger partial charge in [0.1, 0.15) is 11.8 Å². The number of rotatable bonds is 2. The Balaban J connectivity index is 2.40. The van der Waals surface area contributed by atoms with Gasteiger partial charge in [-0.05, 0) is 41.1 Å². The number of nitrogens with zero attached hydrogens (tertiary/aromatic N) is 3. The van der Waals surface area contributed by atoms with Crippen LogP contribution >= 0.6 is 39.1 Å². The fourth-order valence-electron chi connectivity index (χ4n) is 1.42. The third kappa shape index (κ3) is 3.16. The third-order valence-corrected chi connectivity index (χ3v) is 4.02. The summed E-state index contributed by atoms with van der Waals surface area (Å²) in [6.45, 7) is 1.78. The van der Waals surface area contributed by atoms with Crippen molar-refractivity contribution in [2.45, 2.75) is 6.92 Å². The van der Waals surface area contributed by atoms with E-state index in [0.717, 1.165) is 0 Å². The van der Waals surface area contributed by atoms with Crippen molar-refractivity contribution in [2.75, 3.05) is 5.32 Å². The lowest BCUT2D eigenvalue weighted by atomic mass is 10.3. The maximum atomic E-state index is 8.87. The highest BCUT2D eigenvalue weighted by Gasteiger charge is 2.10. The van der Waals surface area contributed by atoms with E-state index < -0.39 is 0 Å². The van der Waals surface area contributed by atoms with Gasteiger partial charge in [0, 0.05) is 10.2 Å². The molecule has 0 aliphatic heterocycles. The van der Waals surface area contributed by atoms with E-state index in [1.54, 1.807) is 25.1 Å². The Morgan fingerprint density at radius 3 is 2.68 bits per heavy atom. The Morgan fingerprint density at radius 1 is 1.26 bits per heavy atom. The van der Waals surface area contributed by atoms with Crippen molar-refractivity contribution in [1.82, 2.24) is 9.97 Å². The number of nitrogens with one attached hydrogen (secondary N) is 1. The van der Waals surface area contributed by atoms with Crippen LogP contribution in [0, 0.1) is 18.3 Å². The second kappa shape index (κ2) is 5.74. The standard InChI is InChI=1S/C12H7BrCl2N4/c1-6-4-7(5-16)18-12(17-6)19-9-3-2-8(13)10(14)11(9)15/h2-4H,1H3,(H,17,18,19). The van der Waals surface area contributed by atoms with Crippen LogP contribution in [0.4, 0.5) is 11.6 Å². The van der Waals surface area contributed by atoms with Crippen LogP contribution in [0.5, 0.6) is 0 Å². The zero-order chi connectivity index (χ0) is 14.0. The lowest BCUT2D eigenvalue weighted by molar-refractivity contribution is 1.09. The summed E-state index contributed by atoms with van der Waals surface area (Å²) in [5, 5.41) is 12.6. The molecule has 0 unspecified atom stereocenters. The number of aromatic nitrogens is 2. The normalized spacial score (nSPS) is 10.1. The molecule has 0 saturated carbocycles. The lowest BCUT2D eigenvalue weighted by Crippen LogP contribution is -2.01. The summed E-state index contributed by atoms with van der Waals surface area (Å²) in [6, 6.07) is 7.08. The number of hydrogen-bond acceptors (Lipinski definition) is 4. The molecule has 1 N–H and O–H groups in total. The van der Waals surface area contributed by atoms with E-state index in [4.69, 9.17) is 28.5 Å². The van der Waals surface area contributed by atoms with Crippen molar-refractivity contribution < 1.29 is 0 Å². The van der Waals surface area contributed by atoms with Crippen LogP contribution in [-0.4, -0.2) is 9.97 Å². The van der Waals surface area contributed by atoms with Gasteiger partial charge in [-0.1, -0.05) is 23.2 Å². The Kier molecular flexibility index (Phi) is 4.25. The molecule has 2 aromatic rings. The molecule has 0 radical (unpaired) electrons. The monoisotopic (exact) mass is 356 g/mol. The number of hydrogen-bond donors (Lipinski definition) is 1. The predicted octanol–water partition coefficient (Wildman–Crippen LogP) is 4.47. The van der Waals surface area contributed by atoms with Gasteiger partial charge in [-0.25, -0.2) is 9.97 Å². The van der Waals surface area contributed by atoms with Gasteiger partial charge >= 0.3 is 0 Å². The van der Waals surface area contributed by atoms with Gasteiger partial charge < -0.3 is 5.32 Å². The molecular weight excluding hydrogens is 351 g/mol. The van der Waals surface area contributed by atoms with Crippen molar-refractivity contribution in [1.29, 1.82) is 5.26 Å². The summed E-state index contributed by atoms with van der Waals surface area (Å²) in [7, 11) is 0. The van der Waals surface area contributed by atoms with E-state index >= 15 is 0 Å². The fourth-order valence-corrected chi connectivity index (χ4v) is 2.25. The van der Waals surface area contributed by atoms with Crippen LogP contribution in [-0.2, 0) is 0 Å². The summed E-state index contributed by atoms with van der Waals surface area (Å²) in [5.41, 5.74) is 1.55. The maximum Gasteiger partial charge on any atom is 0.228 e. The zero-order valence-corrected chi connectivity index (χ0v) is 12.8. The Bertz CT molecular complexity index is 682. The molecule has 0 saturated heterocycles. The zero-order valence-electron chi connectivity index (χ0n) is 9.71. The summed E-state index contributed by atoms with van der Waals surface area (Å²) in [5.74, 6) is 0.303. The van der Waals surface area contributed by atoms with Crippen molar-refractivity contribution in [3.63, 3.8) is 0 Å². The van der Waals surface area contributed by atoms with Gasteiger partial charge in [0.25, 0.3) is 0 Å². The first kappa shape index (κ1) is 14.1. The molecule has 1 aromatic heterocycles. The van der Waals surface area contributed by atoms with Crippen LogP contribution < -0.4 is 5.32 Å². The molecule has 96 valence electrons. The molecule has 2 rings (SSSR count). The van der Waals surface area contributed by atoms with E-state index in [1.165, 1.54) is 0 Å². The minimum Gasteiger partial charge on any atom is -0.323 e. The molecule has 0 atom stereocenters. The Morgan fingerprint density at radius 2 is 2.00 bits per heavy atom. The molecule has 0 spiro atoms. The van der Waals surface area contributed by atoms with E-state index in [9.17, 15) is 0 Å². The molecule has 19 heavy (non-hydrogen) atoms. The summed E-state index contributed by atoms with van der Waals surface area (Å²) in [6.07, 6.45) is 0. The molecule has 0 aliphatic rings. The van der Waals surface area contributed by atoms with E-state index in [-0.39, 0.29) is 5.69 Å². The van der Waals surface area contributed by atoms with Crippen LogP contribution in [0.25, 0.3) is 0 Å². The molecule has 7 heteroatoms. The van der Waals surface area contributed by atoms with Gasteiger partial charge in [-0.3, -0.25) is 0 Å². The highest BCUT2D eigenvalue weighted by molar-refractivity contribution is 9.10. The topological polar surface area (TPSA) is 61.6 Å². The molecule has 1 heterocycles. The number of benzene rings is 1. The van der Waals surface area contributed by atoms with E-state index in [0.29, 0.717) is 31.8 Å². The summed E-state index contributed by atoms with van der Waals surface area (Å²) < 4.78 is 0.701. The number of aryl methyl sites for hydroxylation is 1. The molecular formula is C12H7BrCl2N4. The first-order valence-corrected chi connectivity index (χ1v) is 6.72. The smallest absolute Gasteiger partial charge is 0.228 e. The summed E-state index contributed by atoms with van der Waals surface area (Å²) in [4.78, 5) is 8.23. The molecule has 0 aliphatic carbocycles. The minimum absolute atomic E-state index is 0.286. The van der Waals surface area contributed by atoms with Crippen molar-refractivity contribution in [3.05, 3.63) is 44.1 Å². The number of halogens is 3. The fraction of sp³-hybridized carbons (Fsp3) is 0.0833. The Hall–Kier alpha value is -1.35. The highest BCUT2D eigenvalue weighted by atomic mass is 79.9. The molecule has 0 bridgehead atoms. The van der Waals surface area contributed by atoms with Gasteiger partial charge in [-0.2, -0.15) is 5.26 Å². The number of anilines is 2. The van der Waals surface area contributed by atoms with Gasteiger partial charge in [0.15, 0.2) is 0 Å². The van der Waals surface area contributed by atoms with Crippen LogP contribution in [0.1, 0.15) is 11.4 Å². The number of nitriles is 1. The molecule has 4 nitrogen and oxygen atoms in total. The molecule has 0 fully saturated rings. The second-order valence-electron chi connectivity index (χ2n) is 3.68. The summed E-state index contributed by atoms with van der Waals surface area (Å²) >= 11 is 15.4. The van der Waals surface area contributed by atoms with Crippen LogP contribution in [0.15, 0.2) is 22.7 Å². The third-order valence-electron chi connectivity index (χ3n) is 2.25. The van der Waals surface area contributed by atoms with Crippen molar-refractivity contribution in [2.24, 2.45) is 0 Å². The first-order valence-electron chi connectivity index (χ1n) is 5.17. The molecule has 1 aromatic carbocycles. The van der Waals surface area contributed by atoms with E-state index in [1.807, 2.05) is 6.07 Å². The second-order valence-corrected chi connectivity index (χ2v) is 5.29. The average molecular weight is 358 g/mol. The van der Waals surface area contributed by atoms with Gasteiger partial charge in [0.05, 0.1) is 15.7 Å². The minimum atomic E-state index is 0.286.